The summed E-state index contributed by atoms with van der Waals surface area (Å²) in [6, 6.07) is 5.37. The minimum absolute atomic E-state index is 0.00839. The van der Waals surface area contributed by atoms with Crippen LogP contribution in [-0.2, 0) is 0 Å². The quantitative estimate of drug-likeness (QED) is 0.897. The molecule has 1 aromatic carbocycles. The number of piperidine rings is 1. The van der Waals surface area contributed by atoms with Gasteiger partial charge in [0, 0.05) is 31.4 Å². The number of halogens is 1. The van der Waals surface area contributed by atoms with Gasteiger partial charge in [0.05, 0.1) is 5.56 Å². The first-order valence-corrected chi connectivity index (χ1v) is 7.41. The first kappa shape index (κ1) is 15.1. The maximum atomic E-state index is 12.2. The molecule has 0 radical (unpaired) electrons. The predicted molar refractivity (Wildman–Crippen MR) is 83.6 cm³/mol. The molecule has 20 heavy (non-hydrogen) atoms. The largest absolute Gasteiger partial charge is 0.384 e. The van der Waals surface area contributed by atoms with Crippen LogP contribution in [-0.4, -0.2) is 44.5 Å². The molecule has 1 atom stereocenters. The molecular weight excluding hydrogens is 274 g/mol. The molecule has 2 N–H and O–H groups in total. The van der Waals surface area contributed by atoms with Gasteiger partial charge in [-0.15, -0.1) is 0 Å². The van der Waals surface area contributed by atoms with Crippen molar-refractivity contribution < 1.29 is 4.79 Å². The van der Waals surface area contributed by atoms with Crippen LogP contribution in [0.25, 0.3) is 0 Å². The van der Waals surface area contributed by atoms with E-state index < -0.39 is 0 Å². The van der Waals surface area contributed by atoms with Crippen molar-refractivity contribution in [2.45, 2.75) is 12.8 Å². The van der Waals surface area contributed by atoms with E-state index in [1.165, 1.54) is 12.8 Å². The van der Waals surface area contributed by atoms with E-state index >= 15 is 0 Å². The minimum Gasteiger partial charge on any atom is -0.384 e. The van der Waals surface area contributed by atoms with E-state index in [1.807, 2.05) is 6.07 Å². The molecule has 0 aromatic heterocycles. The number of hydrogen-bond acceptors (Lipinski definition) is 3. The number of anilines is 1. The van der Waals surface area contributed by atoms with E-state index in [2.05, 4.69) is 10.6 Å². The topological polar surface area (TPSA) is 44.4 Å². The van der Waals surface area contributed by atoms with Crippen LogP contribution in [0.5, 0.6) is 0 Å². The van der Waals surface area contributed by atoms with Crippen LogP contribution in [0.1, 0.15) is 23.2 Å². The Balaban J connectivity index is 2.08. The maximum absolute atomic E-state index is 12.2. The summed E-state index contributed by atoms with van der Waals surface area (Å²) in [7, 11) is 3.51. The van der Waals surface area contributed by atoms with Crippen molar-refractivity contribution in [1.82, 2.24) is 10.2 Å². The van der Waals surface area contributed by atoms with Crippen molar-refractivity contribution in [2.24, 2.45) is 5.92 Å². The summed E-state index contributed by atoms with van der Waals surface area (Å²) in [6.07, 6.45) is 2.43. The Bertz CT molecular complexity index is 470. The summed E-state index contributed by atoms with van der Waals surface area (Å²) < 4.78 is 0. The van der Waals surface area contributed by atoms with Crippen LogP contribution in [0.4, 0.5) is 5.69 Å². The van der Waals surface area contributed by atoms with Gasteiger partial charge in [0.2, 0.25) is 0 Å². The van der Waals surface area contributed by atoms with Crippen LogP contribution >= 0.6 is 11.6 Å². The lowest BCUT2D eigenvalue weighted by molar-refractivity contribution is 0.0828. The van der Waals surface area contributed by atoms with Gasteiger partial charge in [-0.1, -0.05) is 11.6 Å². The van der Waals surface area contributed by atoms with Crippen LogP contribution < -0.4 is 10.6 Å². The Morgan fingerprint density at radius 1 is 1.50 bits per heavy atom. The lowest BCUT2D eigenvalue weighted by atomic mass is 9.99. The molecule has 1 aliphatic rings. The summed E-state index contributed by atoms with van der Waals surface area (Å²) in [4.78, 5) is 13.7. The van der Waals surface area contributed by atoms with Crippen molar-refractivity contribution in [3.63, 3.8) is 0 Å². The third kappa shape index (κ3) is 3.87. The molecule has 1 saturated heterocycles. The zero-order valence-corrected chi connectivity index (χ0v) is 12.8. The van der Waals surface area contributed by atoms with Gasteiger partial charge in [0.25, 0.3) is 5.91 Å². The SMILES string of the molecule is CN(C)C(=O)c1ccc(Cl)cc1NCC1CCCNC1. The maximum Gasteiger partial charge on any atom is 0.255 e. The second-order valence-corrected chi connectivity index (χ2v) is 5.92. The Kier molecular flexibility index (Phi) is 5.26. The van der Waals surface area contributed by atoms with E-state index in [1.54, 1.807) is 31.1 Å². The Labute approximate surface area is 125 Å². The number of carbonyl (C=O) groups is 1. The average Bonchev–Trinajstić information content (AvgIpc) is 2.45. The van der Waals surface area contributed by atoms with Gasteiger partial charge >= 0.3 is 0 Å². The molecule has 1 aromatic rings. The van der Waals surface area contributed by atoms with Crippen molar-refractivity contribution in [3.8, 4) is 0 Å². The fourth-order valence-electron chi connectivity index (χ4n) is 2.44. The summed E-state index contributed by atoms with van der Waals surface area (Å²) in [5.41, 5.74) is 1.49. The van der Waals surface area contributed by atoms with Gasteiger partial charge < -0.3 is 15.5 Å². The number of benzene rings is 1. The Morgan fingerprint density at radius 3 is 2.95 bits per heavy atom. The highest BCUT2D eigenvalue weighted by Crippen LogP contribution is 2.23. The van der Waals surface area contributed by atoms with Crippen molar-refractivity contribution in [1.29, 1.82) is 0 Å². The molecule has 4 nitrogen and oxygen atoms in total. The van der Waals surface area contributed by atoms with Crippen LogP contribution in [0.15, 0.2) is 18.2 Å². The van der Waals surface area contributed by atoms with Gasteiger partial charge in [0.15, 0.2) is 0 Å². The zero-order valence-electron chi connectivity index (χ0n) is 12.1. The van der Waals surface area contributed by atoms with Gasteiger partial charge in [-0.05, 0) is 50.0 Å². The van der Waals surface area contributed by atoms with E-state index in [9.17, 15) is 4.79 Å². The molecular formula is C15H22ClN3O. The van der Waals surface area contributed by atoms with Gasteiger partial charge in [-0.2, -0.15) is 0 Å². The van der Waals surface area contributed by atoms with E-state index in [0.29, 0.717) is 16.5 Å². The standard InChI is InChI=1S/C15H22ClN3O/c1-19(2)15(20)13-6-5-12(16)8-14(13)18-10-11-4-3-7-17-9-11/h5-6,8,11,17-18H,3-4,7,9-10H2,1-2H3. The first-order chi connectivity index (χ1) is 9.58. The molecule has 110 valence electrons. The lowest BCUT2D eigenvalue weighted by Gasteiger charge is -2.24. The molecule has 1 amide bonds. The molecule has 1 unspecified atom stereocenters. The summed E-state index contributed by atoms with van der Waals surface area (Å²) in [5.74, 6) is 0.593. The fourth-order valence-corrected chi connectivity index (χ4v) is 2.61. The number of nitrogens with zero attached hydrogens (tertiary/aromatic N) is 1. The molecule has 2 rings (SSSR count). The van der Waals surface area contributed by atoms with Crippen molar-refractivity contribution in [2.75, 3.05) is 39.0 Å². The fraction of sp³-hybridized carbons (Fsp3) is 0.533. The van der Waals surface area contributed by atoms with E-state index in [4.69, 9.17) is 11.6 Å². The normalized spacial score (nSPS) is 18.6. The monoisotopic (exact) mass is 295 g/mol. The summed E-state index contributed by atoms with van der Waals surface area (Å²) in [6.45, 7) is 3.00. The third-order valence-corrected chi connectivity index (χ3v) is 3.83. The number of hydrogen-bond donors (Lipinski definition) is 2. The molecule has 0 spiro atoms. The van der Waals surface area contributed by atoms with Crippen molar-refractivity contribution in [3.05, 3.63) is 28.8 Å². The summed E-state index contributed by atoms with van der Waals surface area (Å²) in [5, 5.41) is 7.43. The number of carbonyl (C=O) groups excluding carboxylic acids is 1. The molecule has 1 aliphatic heterocycles. The average molecular weight is 296 g/mol. The molecule has 1 fully saturated rings. The number of nitrogens with one attached hydrogen (secondary N) is 2. The molecule has 0 aliphatic carbocycles. The highest BCUT2D eigenvalue weighted by atomic mass is 35.5. The van der Waals surface area contributed by atoms with Crippen molar-refractivity contribution >= 4 is 23.2 Å². The lowest BCUT2D eigenvalue weighted by Crippen LogP contribution is -2.34. The molecule has 1 heterocycles. The zero-order chi connectivity index (χ0) is 14.5. The van der Waals surface area contributed by atoms with E-state index in [0.717, 1.165) is 25.3 Å². The molecule has 0 saturated carbocycles. The second kappa shape index (κ2) is 6.95. The second-order valence-electron chi connectivity index (χ2n) is 5.48. The third-order valence-electron chi connectivity index (χ3n) is 3.60. The molecule has 5 heteroatoms. The van der Waals surface area contributed by atoms with Gasteiger partial charge in [-0.3, -0.25) is 4.79 Å². The highest BCUT2D eigenvalue weighted by Gasteiger charge is 2.16. The Morgan fingerprint density at radius 2 is 2.30 bits per heavy atom. The van der Waals surface area contributed by atoms with Crippen LogP contribution in [0, 0.1) is 5.92 Å². The predicted octanol–water partition coefficient (Wildman–Crippen LogP) is 2.45. The molecule has 0 bridgehead atoms. The number of amides is 1. The summed E-state index contributed by atoms with van der Waals surface area (Å²) >= 11 is 6.05. The first-order valence-electron chi connectivity index (χ1n) is 7.03. The van der Waals surface area contributed by atoms with Crippen LogP contribution in [0.3, 0.4) is 0 Å². The van der Waals surface area contributed by atoms with Gasteiger partial charge in [-0.25, -0.2) is 0 Å². The minimum atomic E-state index is -0.00839. The van der Waals surface area contributed by atoms with Gasteiger partial charge in [0.1, 0.15) is 0 Å². The Hall–Kier alpha value is -1.26. The van der Waals surface area contributed by atoms with E-state index in [-0.39, 0.29) is 5.91 Å². The number of rotatable bonds is 4. The van der Waals surface area contributed by atoms with Crippen LogP contribution in [0.2, 0.25) is 5.02 Å². The highest BCUT2D eigenvalue weighted by molar-refractivity contribution is 6.31. The smallest absolute Gasteiger partial charge is 0.255 e.